The maximum Gasteiger partial charge on any atom is 0.202 e. The first-order chi connectivity index (χ1) is 17.1. The molecule has 0 N–H and O–H groups in total. The van der Waals surface area contributed by atoms with Crippen molar-refractivity contribution in [2.24, 2.45) is 0 Å². The number of thioether (sulfide) groups is 1. The smallest absolute Gasteiger partial charge is 0.202 e. The average molecular weight is 547 g/mol. The Balaban J connectivity index is 5.49. The van der Waals surface area contributed by atoms with Gasteiger partial charge in [-0.05, 0) is 37.0 Å². The predicted octanol–water partition coefficient (Wildman–Crippen LogP) is 11.1. The molecule has 35 heavy (non-hydrogen) atoms. The molecule has 0 amide bonds. The first-order valence-electron chi connectivity index (χ1n) is 15.9. The van der Waals surface area contributed by atoms with Crippen LogP contribution < -0.4 is 0 Å². The van der Waals surface area contributed by atoms with Gasteiger partial charge >= 0.3 is 0 Å². The Morgan fingerprint density at radius 3 is 0.943 bits per heavy atom. The SMILES string of the molecule is CCCCC[Si](CCCCC)(CSC[Si](CCCCC)(CCCCC)OCCCC)OCCCC. The van der Waals surface area contributed by atoms with E-state index in [1.165, 1.54) is 138 Å². The van der Waals surface area contributed by atoms with E-state index in [4.69, 9.17) is 8.85 Å². The van der Waals surface area contributed by atoms with Crippen molar-refractivity contribution in [1.29, 1.82) is 0 Å². The summed E-state index contributed by atoms with van der Waals surface area (Å²) in [6.45, 7) is 16.0. The van der Waals surface area contributed by atoms with Crippen LogP contribution in [0.3, 0.4) is 0 Å². The lowest BCUT2D eigenvalue weighted by atomic mass is 10.3. The van der Waals surface area contributed by atoms with Crippen LogP contribution >= 0.6 is 11.8 Å². The summed E-state index contributed by atoms with van der Waals surface area (Å²) in [5.74, 6) is 0. The standard InChI is InChI=1S/C30H66O2SSi2/c1-7-13-19-25-34(26-20-14-8-2,31-23-17-11-5)29-33-30-35(27-21-15-9-3,28-22-16-10-4)32-24-18-12-6/h7-30H2,1-6H3. The second-order valence-electron chi connectivity index (χ2n) is 11.1. The molecule has 0 unspecified atom stereocenters. The highest BCUT2D eigenvalue weighted by Crippen LogP contribution is 2.33. The van der Waals surface area contributed by atoms with Gasteiger partial charge in [0.15, 0.2) is 0 Å². The van der Waals surface area contributed by atoms with Crippen LogP contribution in [0.1, 0.15) is 144 Å². The molecule has 0 aromatic rings. The van der Waals surface area contributed by atoms with E-state index in [1.54, 1.807) is 0 Å². The number of unbranched alkanes of at least 4 members (excludes halogenated alkanes) is 10. The van der Waals surface area contributed by atoms with Crippen molar-refractivity contribution in [2.75, 3.05) is 24.0 Å². The molecule has 212 valence electrons. The van der Waals surface area contributed by atoms with Gasteiger partial charge in [-0.25, -0.2) is 0 Å². The van der Waals surface area contributed by atoms with E-state index in [0.29, 0.717) is 0 Å². The normalized spacial score (nSPS) is 12.5. The predicted molar refractivity (Wildman–Crippen MR) is 168 cm³/mol. The van der Waals surface area contributed by atoms with Crippen molar-refractivity contribution >= 4 is 28.4 Å². The second kappa shape index (κ2) is 25.0. The Bertz CT molecular complexity index is 346. The van der Waals surface area contributed by atoms with Gasteiger partial charge in [0, 0.05) is 24.0 Å². The summed E-state index contributed by atoms with van der Waals surface area (Å²) in [5.41, 5.74) is 0. The first-order valence-corrected chi connectivity index (χ1v) is 22.1. The van der Waals surface area contributed by atoms with E-state index >= 15 is 0 Å². The molecule has 0 saturated heterocycles. The minimum Gasteiger partial charge on any atom is -0.416 e. The molecule has 0 aromatic heterocycles. The Hall–Kier alpha value is 0.704. The maximum atomic E-state index is 6.97. The molecule has 0 saturated carbocycles. The van der Waals surface area contributed by atoms with Gasteiger partial charge in [-0.15, -0.1) is 0 Å². The summed E-state index contributed by atoms with van der Waals surface area (Å²) < 4.78 is 13.9. The molecule has 0 fully saturated rings. The van der Waals surface area contributed by atoms with Gasteiger partial charge < -0.3 is 8.85 Å². The molecule has 2 nitrogen and oxygen atoms in total. The fourth-order valence-electron chi connectivity index (χ4n) is 4.99. The molecule has 0 aliphatic rings. The van der Waals surface area contributed by atoms with Gasteiger partial charge in [0.2, 0.25) is 16.6 Å². The lowest BCUT2D eigenvalue weighted by Crippen LogP contribution is -2.46. The van der Waals surface area contributed by atoms with Gasteiger partial charge in [-0.2, -0.15) is 11.8 Å². The van der Waals surface area contributed by atoms with Crippen LogP contribution in [0.25, 0.3) is 0 Å². The summed E-state index contributed by atoms with van der Waals surface area (Å²) >= 11 is 2.29. The first kappa shape index (κ1) is 35.7. The average Bonchev–Trinajstić information content (AvgIpc) is 2.85. The van der Waals surface area contributed by atoms with E-state index in [9.17, 15) is 0 Å². The Labute approximate surface area is 229 Å². The zero-order valence-electron chi connectivity index (χ0n) is 25.2. The highest BCUT2D eigenvalue weighted by Gasteiger charge is 2.38. The van der Waals surface area contributed by atoms with Crippen LogP contribution in [-0.4, -0.2) is 40.6 Å². The van der Waals surface area contributed by atoms with Gasteiger partial charge in [0.05, 0.1) is 0 Å². The van der Waals surface area contributed by atoms with E-state index in [0.717, 1.165) is 13.2 Å². The summed E-state index contributed by atoms with van der Waals surface area (Å²) in [5, 5.41) is 2.63. The fraction of sp³-hybridized carbons (Fsp3) is 1.00. The van der Waals surface area contributed by atoms with Gasteiger partial charge in [0.25, 0.3) is 0 Å². The van der Waals surface area contributed by atoms with E-state index in [2.05, 4.69) is 53.3 Å². The number of hydrogen-bond acceptors (Lipinski definition) is 3. The fourth-order valence-corrected chi connectivity index (χ4v) is 18.1. The summed E-state index contributed by atoms with van der Waals surface area (Å²) in [7, 11) is -3.38. The van der Waals surface area contributed by atoms with Crippen molar-refractivity contribution in [2.45, 2.75) is 168 Å². The maximum absolute atomic E-state index is 6.97. The van der Waals surface area contributed by atoms with Crippen molar-refractivity contribution in [3.8, 4) is 0 Å². The summed E-state index contributed by atoms with van der Waals surface area (Å²) in [6, 6.07) is 5.55. The minimum absolute atomic E-state index is 1.00. The van der Waals surface area contributed by atoms with E-state index in [1.807, 2.05) is 0 Å². The largest absolute Gasteiger partial charge is 0.416 e. The van der Waals surface area contributed by atoms with Crippen molar-refractivity contribution in [3.05, 3.63) is 0 Å². The molecule has 0 heterocycles. The highest BCUT2D eigenvalue weighted by atomic mass is 32.2. The molecular formula is C30H66O2SSi2. The van der Waals surface area contributed by atoms with Crippen LogP contribution in [0, 0.1) is 0 Å². The summed E-state index contributed by atoms with van der Waals surface area (Å²) in [4.78, 5) is 0. The minimum atomic E-state index is -1.69. The molecule has 5 heteroatoms. The topological polar surface area (TPSA) is 18.5 Å². The van der Waals surface area contributed by atoms with Crippen LogP contribution in [0.4, 0.5) is 0 Å². The third-order valence-corrected chi connectivity index (χ3v) is 20.0. The third-order valence-electron chi connectivity index (χ3n) is 7.49. The van der Waals surface area contributed by atoms with Crippen molar-refractivity contribution in [3.63, 3.8) is 0 Å². The molecule has 0 spiro atoms. The Morgan fingerprint density at radius 2 is 0.686 bits per heavy atom. The lowest BCUT2D eigenvalue weighted by molar-refractivity contribution is 0.290. The highest BCUT2D eigenvalue weighted by molar-refractivity contribution is 8.02. The van der Waals surface area contributed by atoms with Gasteiger partial charge in [-0.1, -0.05) is 131 Å². The monoisotopic (exact) mass is 546 g/mol. The number of rotatable bonds is 28. The summed E-state index contributed by atoms with van der Waals surface area (Å²) in [6.07, 6.45) is 21.2. The van der Waals surface area contributed by atoms with E-state index < -0.39 is 16.6 Å². The zero-order valence-corrected chi connectivity index (χ0v) is 28.0. The molecule has 0 aromatic carbocycles. The van der Waals surface area contributed by atoms with Crippen LogP contribution in [-0.2, 0) is 8.85 Å². The second-order valence-corrected chi connectivity index (χ2v) is 21.1. The zero-order chi connectivity index (χ0) is 26.1. The molecule has 0 aliphatic heterocycles. The molecule has 0 radical (unpaired) electrons. The van der Waals surface area contributed by atoms with Crippen molar-refractivity contribution < 1.29 is 8.85 Å². The van der Waals surface area contributed by atoms with Crippen LogP contribution in [0.15, 0.2) is 0 Å². The third kappa shape index (κ3) is 18.6. The molecule has 0 rings (SSSR count). The molecule has 0 bridgehead atoms. The Kier molecular flexibility index (Phi) is 25.5. The Morgan fingerprint density at radius 1 is 0.400 bits per heavy atom. The van der Waals surface area contributed by atoms with Crippen LogP contribution in [0.5, 0.6) is 0 Å². The lowest BCUT2D eigenvalue weighted by Gasteiger charge is -2.35. The molecule has 0 atom stereocenters. The van der Waals surface area contributed by atoms with E-state index in [-0.39, 0.29) is 0 Å². The van der Waals surface area contributed by atoms with Crippen molar-refractivity contribution in [1.82, 2.24) is 0 Å². The number of hydrogen-bond donors (Lipinski definition) is 0. The molecule has 0 aliphatic carbocycles. The quantitative estimate of drug-likeness (QED) is 0.0718. The molecular weight excluding hydrogens is 481 g/mol. The van der Waals surface area contributed by atoms with Gasteiger partial charge in [-0.3, -0.25) is 0 Å². The van der Waals surface area contributed by atoms with Gasteiger partial charge in [0.1, 0.15) is 0 Å². The van der Waals surface area contributed by atoms with Crippen LogP contribution in [0.2, 0.25) is 24.2 Å².